The van der Waals surface area contributed by atoms with Crippen LogP contribution in [-0.2, 0) is 62.3 Å². The van der Waals surface area contributed by atoms with Crippen molar-refractivity contribution >= 4 is 20.0 Å². The lowest BCUT2D eigenvalue weighted by molar-refractivity contribution is 0.100. The summed E-state index contributed by atoms with van der Waals surface area (Å²) in [6.07, 6.45) is -2.10. The van der Waals surface area contributed by atoms with Crippen molar-refractivity contribution in [3.05, 3.63) is 189 Å². The normalized spacial score (nSPS) is 13.1. The van der Waals surface area contributed by atoms with Crippen LogP contribution in [0.1, 0.15) is 87.3 Å². The SMILES string of the molecule is COc1ccc(CN(Cc2ccc(OC)c(COc3ccc(CN(Cc4ccc(OC)cc4)S(=O)(=O)[C@@H](C)[C@@H](OC)c4ccc(C#N)cc4C#N)cc3)c2)S(=O)(=O)[C@@H](C)[C@H](OC)c2ccc(C#N)cc2C#N)cc1. The summed E-state index contributed by atoms with van der Waals surface area (Å²) in [6.45, 7) is 2.98. The number of benzene rings is 6. The maximum atomic E-state index is 14.8. The molecule has 0 heterocycles. The standard InChI is InChI=1S/C56H56N6O10S2/c1-38(55(70-6)52-23-14-43(29-57)26-46(52)31-59)73(63,64)61(33-40-8-17-49(67-3)18-9-40)34-42-12-21-51(22-13-42)72-37-48-28-45(16-25-54(48)69-5)36-62(35-41-10-19-50(68-4)20-11-41)74(65,66)39(2)56(71-7)53-24-15-44(30-58)27-47(53)32-60/h8-28,38-39,55-56H,33-37H2,1-7H3/t38-,39-,55+,56-/m0/s1. The van der Waals surface area contributed by atoms with Crippen LogP contribution in [0.2, 0.25) is 0 Å². The van der Waals surface area contributed by atoms with Crippen molar-refractivity contribution in [3.63, 3.8) is 0 Å². The maximum absolute atomic E-state index is 14.8. The van der Waals surface area contributed by atoms with Crippen molar-refractivity contribution in [3.8, 4) is 47.3 Å². The second kappa shape index (κ2) is 25.2. The number of nitriles is 4. The summed E-state index contributed by atoms with van der Waals surface area (Å²) >= 11 is 0. The molecule has 6 aromatic carbocycles. The van der Waals surface area contributed by atoms with Crippen molar-refractivity contribution in [1.29, 1.82) is 21.0 Å². The predicted molar refractivity (Wildman–Crippen MR) is 276 cm³/mol. The van der Waals surface area contributed by atoms with Gasteiger partial charge in [0.2, 0.25) is 20.0 Å². The van der Waals surface area contributed by atoms with Crippen molar-refractivity contribution in [2.24, 2.45) is 0 Å². The molecular weight excluding hydrogens is 981 g/mol. The Bertz CT molecular complexity index is 3310. The summed E-state index contributed by atoms with van der Waals surface area (Å²) < 4.78 is 95.8. The van der Waals surface area contributed by atoms with E-state index >= 15 is 0 Å². The van der Waals surface area contributed by atoms with Gasteiger partial charge in [-0.25, -0.2) is 16.8 Å². The van der Waals surface area contributed by atoms with Gasteiger partial charge in [0, 0.05) is 46.0 Å². The van der Waals surface area contributed by atoms with Crippen molar-refractivity contribution in [2.45, 2.75) is 69.3 Å². The number of methoxy groups -OCH3 is 5. The van der Waals surface area contributed by atoms with Crippen LogP contribution in [0.4, 0.5) is 0 Å². The van der Waals surface area contributed by atoms with E-state index in [1.165, 1.54) is 68.1 Å². The molecule has 0 aliphatic carbocycles. The van der Waals surface area contributed by atoms with Crippen LogP contribution in [-0.4, -0.2) is 71.5 Å². The molecule has 16 nitrogen and oxygen atoms in total. The molecule has 0 bridgehead atoms. The summed E-state index contributed by atoms with van der Waals surface area (Å²) in [5, 5.41) is 36.4. The summed E-state index contributed by atoms with van der Waals surface area (Å²) in [5.74, 6) is 2.18. The highest BCUT2D eigenvalue weighted by Crippen LogP contribution is 2.35. The van der Waals surface area contributed by atoms with E-state index in [9.17, 15) is 37.9 Å². The first-order chi connectivity index (χ1) is 35.6. The fourth-order valence-electron chi connectivity index (χ4n) is 8.51. The van der Waals surface area contributed by atoms with E-state index in [1.54, 1.807) is 111 Å². The summed E-state index contributed by atoms with van der Waals surface area (Å²) in [6, 6.07) is 43.6. The third-order valence-electron chi connectivity index (χ3n) is 12.7. The van der Waals surface area contributed by atoms with E-state index in [0.29, 0.717) is 61.9 Å². The molecule has 0 aliphatic rings. The van der Waals surface area contributed by atoms with Gasteiger partial charge in [0.15, 0.2) is 0 Å². The monoisotopic (exact) mass is 1040 g/mol. The minimum atomic E-state index is -4.20. The van der Waals surface area contributed by atoms with Gasteiger partial charge in [-0.05, 0) is 120 Å². The fourth-order valence-corrected chi connectivity index (χ4v) is 11.9. The molecule has 0 fully saturated rings. The molecule has 0 spiro atoms. The Morgan fingerprint density at radius 3 is 1.19 bits per heavy atom. The molecule has 0 aliphatic heterocycles. The third-order valence-corrected chi connectivity index (χ3v) is 17.0. The van der Waals surface area contributed by atoms with Gasteiger partial charge in [-0.15, -0.1) is 0 Å². The summed E-state index contributed by atoms with van der Waals surface area (Å²) in [5.41, 5.74) is 4.76. The Balaban J connectivity index is 1.25. The van der Waals surface area contributed by atoms with Crippen LogP contribution in [0.15, 0.2) is 127 Å². The lowest BCUT2D eigenvalue weighted by atomic mass is 9.99. The molecule has 4 atom stereocenters. The van der Waals surface area contributed by atoms with Crippen molar-refractivity contribution in [2.75, 3.05) is 35.5 Å². The van der Waals surface area contributed by atoms with Gasteiger partial charge in [0.25, 0.3) is 0 Å². The first-order valence-electron chi connectivity index (χ1n) is 23.1. The zero-order valence-corrected chi connectivity index (χ0v) is 43.7. The zero-order valence-electron chi connectivity index (χ0n) is 42.1. The number of hydrogen-bond donors (Lipinski definition) is 0. The van der Waals surface area contributed by atoms with E-state index in [-0.39, 0.29) is 55.0 Å². The molecule has 0 saturated heterocycles. The lowest BCUT2D eigenvalue weighted by Crippen LogP contribution is -2.40. The molecule has 0 radical (unpaired) electrons. The Kier molecular flexibility index (Phi) is 18.9. The molecule has 0 amide bonds. The van der Waals surface area contributed by atoms with Gasteiger partial charge in [-0.1, -0.05) is 54.6 Å². The second-order valence-electron chi connectivity index (χ2n) is 17.2. The van der Waals surface area contributed by atoms with Gasteiger partial charge >= 0.3 is 0 Å². The molecule has 0 unspecified atom stereocenters. The molecule has 0 N–H and O–H groups in total. The summed E-state index contributed by atoms with van der Waals surface area (Å²) in [4.78, 5) is 0. The smallest absolute Gasteiger partial charge is 0.220 e. The van der Waals surface area contributed by atoms with Crippen molar-refractivity contribution < 1.29 is 45.3 Å². The number of ether oxygens (including phenoxy) is 6. The first-order valence-corrected chi connectivity index (χ1v) is 26.1. The fraction of sp³-hybridized carbons (Fsp3) is 0.286. The lowest BCUT2D eigenvalue weighted by Gasteiger charge is -2.30. The largest absolute Gasteiger partial charge is 0.497 e. The van der Waals surface area contributed by atoms with E-state index in [4.69, 9.17) is 28.4 Å². The minimum Gasteiger partial charge on any atom is -0.497 e. The molecule has 18 heteroatoms. The topological polar surface area (TPSA) is 225 Å². The third kappa shape index (κ3) is 13.1. The highest BCUT2D eigenvalue weighted by Gasteiger charge is 2.39. The van der Waals surface area contributed by atoms with Gasteiger partial charge in [-0.3, -0.25) is 0 Å². The van der Waals surface area contributed by atoms with E-state index < -0.39 is 42.8 Å². The summed E-state index contributed by atoms with van der Waals surface area (Å²) in [7, 11) is -1.000. The average molecular weight is 1040 g/mol. The van der Waals surface area contributed by atoms with Crippen LogP contribution in [0.25, 0.3) is 0 Å². The molecular formula is C56H56N6O10S2. The van der Waals surface area contributed by atoms with Crippen LogP contribution in [0.3, 0.4) is 0 Å². The van der Waals surface area contributed by atoms with E-state index in [1.807, 2.05) is 18.2 Å². The van der Waals surface area contributed by atoms with Crippen LogP contribution in [0.5, 0.6) is 23.0 Å². The van der Waals surface area contributed by atoms with E-state index in [2.05, 4.69) is 12.1 Å². The first kappa shape index (κ1) is 55.5. The van der Waals surface area contributed by atoms with Gasteiger partial charge < -0.3 is 28.4 Å². The molecule has 6 rings (SSSR count). The van der Waals surface area contributed by atoms with Gasteiger partial charge in [0.1, 0.15) is 52.3 Å². The Hall–Kier alpha value is -7.78. The van der Waals surface area contributed by atoms with Crippen molar-refractivity contribution in [1.82, 2.24) is 8.61 Å². The van der Waals surface area contributed by atoms with Crippen LogP contribution in [0, 0.1) is 45.3 Å². The minimum absolute atomic E-state index is 0.00389. The zero-order chi connectivity index (χ0) is 53.6. The molecule has 382 valence electrons. The Morgan fingerprint density at radius 2 is 0.838 bits per heavy atom. The van der Waals surface area contributed by atoms with Crippen LogP contribution < -0.4 is 18.9 Å². The van der Waals surface area contributed by atoms with Crippen LogP contribution >= 0.6 is 0 Å². The highest BCUT2D eigenvalue weighted by atomic mass is 32.2. The number of nitrogens with zero attached hydrogens (tertiary/aromatic N) is 6. The van der Waals surface area contributed by atoms with E-state index in [0.717, 1.165) is 0 Å². The van der Waals surface area contributed by atoms with Gasteiger partial charge in [-0.2, -0.15) is 29.7 Å². The quantitative estimate of drug-likeness (QED) is 0.0552. The molecule has 0 aromatic heterocycles. The Morgan fingerprint density at radius 1 is 0.459 bits per heavy atom. The second-order valence-corrected chi connectivity index (χ2v) is 21.8. The maximum Gasteiger partial charge on any atom is 0.220 e. The highest BCUT2D eigenvalue weighted by molar-refractivity contribution is 7.90. The average Bonchev–Trinajstić information content (AvgIpc) is 3.43. The number of rotatable bonds is 24. The molecule has 0 saturated carbocycles. The van der Waals surface area contributed by atoms with Gasteiger partial charge in [0.05, 0.1) is 67.9 Å². The number of sulfonamides is 2. The number of hydrogen-bond acceptors (Lipinski definition) is 14. The molecule has 6 aromatic rings. The molecule has 74 heavy (non-hydrogen) atoms. The predicted octanol–water partition coefficient (Wildman–Crippen LogP) is 8.99. The Labute approximate surface area is 433 Å².